The minimum absolute atomic E-state index is 0.762. The van der Waals surface area contributed by atoms with Crippen molar-refractivity contribution < 1.29 is 22.8 Å². The summed E-state index contributed by atoms with van der Waals surface area (Å²) in [5, 5.41) is -1.41. The highest BCUT2D eigenvalue weighted by atomic mass is 35.5. The highest BCUT2D eigenvalue weighted by Gasteiger charge is 2.53. The Morgan fingerprint density at radius 3 is 1.85 bits per heavy atom. The van der Waals surface area contributed by atoms with E-state index in [9.17, 15) is 22.8 Å². The number of halogens is 4. The van der Waals surface area contributed by atoms with Crippen LogP contribution in [-0.4, -0.2) is 23.7 Å². The second-order valence-electron chi connectivity index (χ2n) is 2.64. The summed E-state index contributed by atoms with van der Waals surface area (Å²) in [5.41, 5.74) is 2.50. The highest BCUT2D eigenvalue weighted by Crippen LogP contribution is 2.30. The summed E-state index contributed by atoms with van der Waals surface area (Å²) in [6.45, 7) is -0.00810. The Kier molecular flexibility index (Phi) is 3.46. The molecule has 0 radical (unpaired) electrons. The third-order valence-electron chi connectivity index (χ3n) is 1.60. The fourth-order valence-electron chi connectivity index (χ4n) is 0.575. The first-order chi connectivity index (χ1) is 5.66. The Hall–Kier alpha value is -0.620. The Morgan fingerprint density at radius 2 is 1.77 bits per heavy atom. The Morgan fingerprint density at radius 1 is 1.38 bits per heavy atom. The molecule has 0 bridgehead atoms. The number of carbonyl (C=O) groups excluding carboxylic acids is 2. The highest BCUT2D eigenvalue weighted by molar-refractivity contribution is 6.66. The summed E-state index contributed by atoms with van der Waals surface area (Å²) in [5.74, 6) is -2.22. The maximum Gasteiger partial charge on any atom is 0.451 e. The van der Waals surface area contributed by atoms with Crippen molar-refractivity contribution in [2.75, 3.05) is 6.54 Å². The van der Waals surface area contributed by atoms with Gasteiger partial charge >= 0.3 is 6.18 Å². The van der Waals surface area contributed by atoms with Crippen molar-refractivity contribution in [3.63, 3.8) is 0 Å². The van der Waals surface area contributed by atoms with E-state index < -0.39 is 29.2 Å². The lowest BCUT2D eigenvalue weighted by Gasteiger charge is -2.22. The molecule has 0 rings (SSSR count). The van der Waals surface area contributed by atoms with Crippen molar-refractivity contribution in [1.29, 1.82) is 0 Å². The maximum atomic E-state index is 11.9. The maximum absolute atomic E-state index is 11.9. The fraction of sp³-hybridized carbons (Fsp3) is 0.667. The van der Waals surface area contributed by atoms with E-state index in [-0.39, 0.29) is 0 Å². The molecule has 1 atom stereocenters. The molecule has 0 aromatic rings. The lowest BCUT2D eigenvalue weighted by atomic mass is 9.87. The van der Waals surface area contributed by atoms with Crippen molar-refractivity contribution in [3.05, 3.63) is 0 Å². The molecular weight excluding hydrogens is 211 g/mol. The molecule has 0 spiro atoms. The van der Waals surface area contributed by atoms with E-state index in [0.717, 1.165) is 6.92 Å². The number of rotatable bonds is 3. The quantitative estimate of drug-likeness (QED) is 0.563. The van der Waals surface area contributed by atoms with E-state index in [1.807, 2.05) is 0 Å². The van der Waals surface area contributed by atoms with E-state index in [4.69, 9.17) is 17.3 Å². The van der Waals surface area contributed by atoms with Gasteiger partial charge in [-0.05, 0) is 18.5 Å². The lowest BCUT2D eigenvalue weighted by Crippen LogP contribution is -2.47. The number of nitrogens with two attached hydrogens (primary N) is 1. The van der Waals surface area contributed by atoms with Gasteiger partial charge in [-0.15, -0.1) is 0 Å². The van der Waals surface area contributed by atoms with Crippen molar-refractivity contribution in [1.82, 2.24) is 0 Å². The van der Waals surface area contributed by atoms with Gasteiger partial charge in [0.1, 0.15) is 5.41 Å². The van der Waals surface area contributed by atoms with Crippen LogP contribution in [-0.2, 0) is 9.59 Å². The summed E-state index contributed by atoms with van der Waals surface area (Å²) < 4.78 is 35.6. The van der Waals surface area contributed by atoms with Crippen LogP contribution >= 0.6 is 11.6 Å². The molecule has 0 heterocycles. The summed E-state index contributed by atoms with van der Waals surface area (Å²) in [4.78, 5) is 21.2. The van der Waals surface area contributed by atoms with Gasteiger partial charge in [-0.1, -0.05) is 0 Å². The predicted molar refractivity (Wildman–Crippen MR) is 39.1 cm³/mol. The Bertz CT molecular complexity index is 241. The molecule has 1 unspecified atom stereocenters. The predicted octanol–water partition coefficient (Wildman–Crippen LogP) is 0.848. The van der Waals surface area contributed by atoms with Crippen LogP contribution in [0.4, 0.5) is 13.2 Å². The topological polar surface area (TPSA) is 60.2 Å². The van der Waals surface area contributed by atoms with Crippen LogP contribution in [0.1, 0.15) is 6.92 Å². The van der Waals surface area contributed by atoms with E-state index in [1.165, 1.54) is 0 Å². The molecule has 0 aliphatic rings. The molecule has 76 valence electrons. The van der Waals surface area contributed by atoms with E-state index in [1.54, 1.807) is 0 Å². The van der Waals surface area contributed by atoms with Crippen molar-refractivity contribution >= 4 is 22.6 Å². The van der Waals surface area contributed by atoms with Crippen LogP contribution in [0.5, 0.6) is 0 Å². The molecule has 13 heavy (non-hydrogen) atoms. The molecule has 0 aliphatic heterocycles. The van der Waals surface area contributed by atoms with Gasteiger partial charge in [0.25, 0.3) is 5.78 Å². The van der Waals surface area contributed by atoms with Crippen molar-refractivity contribution in [3.8, 4) is 0 Å². The second kappa shape index (κ2) is 3.63. The summed E-state index contributed by atoms with van der Waals surface area (Å²) >= 11 is 4.85. The second-order valence-corrected chi connectivity index (χ2v) is 2.98. The van der Waals surface area contributed by atoms with Crippen molar-refractivity contribution in [2.24, 2.45) is 11.1 Å². The van der Waals surface area contributed by atoms with Gasteiger partial charge in [0.2, 0.25) is 5.24 Å². The van der Waals surface area contributed by atoms with Gasteiger partial charge in [0, 0.05) is 6.54 Å². The minimum Gasteiger partial charge on any atom is -0.329 e. The molecule has 0 amide bonds. The normalized spacial score (nSPS) is 16.5. The summed E-state index contributed by atoms with van der Waals surface area (Å²) in [6.07, 6.45) is -5.10. The number of hydrogen-bond acceptors (Lipinski definition) is 3. The molecule has 0 aliphatic carbocycles. The SMILES string of the molecule is CC(CN)(C(=O)Cl)C(=O)C(F)(F)F. The Balaban J connectivity index is 5.01. The monoisotopic (exact) mass is 217 g/mol. The molecular formula is C6H7ClF3NO2. The first-order valence-corrected chi connectivity index (χ1v) is 3.55. The first kappa shape index (κ1) is 12.4. The smallest absolute Gasteiger partial charge is 0.329 e. The van der Waals surface area contributed by atoms with Crippen LogP contribution in [0.3, 0.4) is 0 Å². The van der Waals surface area contributed by atoms with Gasteiger partial charge in [0.15, 0.2) is 0 Å². The molecule has 0 aromatic carbocycles. The number of Topliss-reactive ketones (excluding diaryl/α,β-unsaturated/α-hetero) is 1. The zero-order valence-electron chi connectivity index (χ0n) is 6.61. The van der Waals surface area contributed by atoms with Crippen LogP contribution < -0.4 is 5.73 Å². The average molecular weight is 218 g/mol. The van der Waals surface area contributed by atoms with Crippen LogP contribution in [0.25, 0.3) is 0 Å². The molecule has 7 heteroatoms. The number of hydrogen-bond donors (Lipinski definition) is 1. The first-order valence-electron chi connectivity index (χ1n) is 3.18. The van der Waals surface area contributed by atoms with E-state index in [2.05, 4.69) is 0 Å². The summed E-state index contributed by atoms with van der Waals surface area (Å²) in [6, 6.07) is 0. The zero-order valence-corrected chi connectivity index (χ0v) is 7.37. The third-order valence-corrected chi connectivity index (χ3v) is 2.02. The van der Waals surface area contributed by atoms with Gasteiger partial charge in [-0.25, -0.2) is 0 Å². The van der Waals surface area contributed by atoms with Crippen LogP contribution in [0.15, 0.2) is 0 Å². The fourth-order valence-corrected chi connectivity index (χ4v) is 0.738. The molecule has 0 saturated heterocycles. The molecule has 0 saturated carbocycles. The molecule has 3 nitrogen and oxygen atoms in total. The Labute approximate surface area is 77.0 Å². The number of alkyl halides is 3. The van der Waals surface area contributed by atoms with Crippen LogP contribution in [0, 0.1) is 5.41 Å². The minimum atomic E-state index is -5.10. The lowest BCUT2D eigenvalue weighted by molar-refractivity contribution is -0.181. The molecule has 0 aromatic heterocycles. The molecule has 2 N–H and O–H groups in total. The van der Waals surface area contributed by atoms with Gasteiger partial charge in [0.05, 0.1) is 0 Å². The van der Waals surface area contributed by atoms with Crippen molar-refractivity contribution in [2.45, 2.75) is 13.1 Å². The van der Waals surface area contributed by atoms with Gasteiger partial charge in [-0.3, -0.25) is 9.59 Å². The zero-order chi connectivity index (χ0) is 10.9. The third kappa shape index (κ3) is 2.41. The van der Waals surface area contributed by atoms with E-state index >= 15 is 0 Å². The average Bonchev–Trinajstić information content (AvgIpc) is 1.99. The van der Waals surface area contributed by atoms with E-state index in [0.29, 0.717) is 0 Å². The number of carbonyl (C=O) groups is 2. The standard InChI is InChI=1S/C6H7ClF3NO2/c1-5(2-11,4(7)13)3(12)6(8,9)10/h2,11H2,1H3. The largest absolute Gasteiger partial charge is 0.451 e. The van der Waals surface area contributed by atoms with Gasteiger partial charge < -0.3 is 5.73 Å². The number of ketones is 1. The molecule has 0 fully saturated rings. The van der Waals surface area contributed by atoms with Crippen LogP contribution in [0.2, 0.25) is 0 Å². The summed E-state index contributed by atoms with van der Waals surface area (Å²) in [7, 11) is 0. The van der Waals surface area contributed by atoms with Gasteiger partial charge in [-0.2, -0.15) is 13.2 Å².